The van der Waals surface area contributed by atoms with E-state index in [0.29, 0.717) is 6.04 Å². The van der Waals surface area contributed by atoms with Gasteiger partial charge in [-0.2, -0.15) is 0 Å². The lowest BCUT2D eigenvalue weighted by molar-refractivity contribution is 0.139. The molecule has 0 amide bonds. The van der Waals surface area contributed by atoms with Gasteiger partial charge in [-0.05, 0) is 23.4 Å². The summed E-state index contributed by atoms with van der Waals surface area (Å²) in [4.78, 5) is 2.42. The third-order valence-electron chi connectivity index (χ3n) is 3.07. The summed E-state index contributed by atoms with van der Waals surface area (Å²) < 4.78 is 1.91. The van der Waals surface area contributed by atoms with Gasteiger partial charge in [-0.1, -0.05) is 13.8 Å². The molecule has 1 aliphatic rings. The van der Waals surface area contributed by atoms with E-state index in [-0.39, 0.29) is 0 Å². The van der Waals surface area contributed by atoms with E-state index in [1.54, 1.807) is 0 Å². The van der Waals surface area contributed by atoms with E-state index in [9.17, 15) is 0 Å². The lowest BCUT2D eigenvalue weighted by atomic mass is 10.1. The van der Waals surface area contributed by atoms with Crippen molar-refractivity contribution < 1.29 is 0 Å². The van der Waals surface area contributed by atoms with E-state index in [1.807, 2.05) is 4.68 Å². The maximum absolute atomic E-state index is 4.10. The fourth-order valence-corrected chi connectivity index (χ4v) is 1.93. The molecule has 0 spiro atoms. The molecule has 0 unspecified atom stereocenters. The van der Waals surface area contributed by atoms with Crippen LogP contribution < -0.4 is 5.32 Å². The highest BCUT2D eigenvalue weighted by Gasteiger charge is 2.24. The molecule has 1 aromatic heterocycles. The Balaban J connectivity index is 1.97. The van der Waals surface area contributed by atoms with Crippen molar-refractivity contribution in [3.05, 3.63) is 5.82 Å². The zero-order valence-electron chi connectivity index (χ0n) is 10.1. The predicted molar refractivity (Wildman–Crippen MR) is 60.8 cm³/mol. The van der Waals surface area contributed by atoms with Crippen molar-refractivity contribution in [2.45, 2.75) is 39.4 Å². The van der Waals surface area contributed by atoms with E-state index in [1.165, 1.54) is 0 Å². The summed E-state index contributed by atoms with van der Waals surface area (Å²) in [5.74, 6) is 0.982. The van der Waals surface area contributed by atoms with Crippen molar-refractivity contribution in [2.75, 3.05) is 19.6 Å². The van der Waals surface area contributed by atoms with Gasteiger partial charge in [0.1, 0.15) is 0 Å². The molecule has 90 valence electrons. The highest BCUT2D eigenvalue weighted by molar-refractivity contribution is 4.89. The number of rotatable bonds is 6. The van der Waals surface area contributed by atoms with E-state index in [0.717, 1.165) is 45.0 Å². The van der Waals surface area contributed by atoms with Gasteiger partial charge in [-0.15, -0.1) is 5.10 Å². The number of hydrogen-bond donors (Lipinski definition) is 1. The fourth-order valence-electron chi connectivity index (χ4n) is 1.93. The van der Waals surface area contributed by atoms with Crippen LogP contribution in [0, 0.1) is 0 Å². The number of tetrazole rings is 1. The second-order valence-electron chi connectivity index (χ2n) is 4.19. The quantitative estimate of drug-likeness (QED) is 0.730. The van der Waals surface area contributed by atoms with Gasteiger partial charge >= 0.3 is 0 Å². The van der Waals surface area contributed by atoms with Gasteiger partial charge in [0.05, 0.1) is 6.54 Å². The number of aryl methyl sites for hydroxylation is 1. The Morgan fingerprint density at radius 2 is 2.25 bits per heavy atom. The maximum Gasteiger partial charge on any atom is 0.165 e. The summed E-state index contributed by atoms with van der Waals surface area (Å²) in [6.45, 7) is 9.31. The first kappa shape index (κ1) is 11.5. The van der Waals surface area contributed by atoms with Crippen LogP contribution in [0.3, 0.4) is 0 Å². The molecule has 1 N–H and O–H groups in total. The van der Waals surface area contributed by atoms with Crippen molar-refractivity contribution in [3.63, 3.8) is 0 Å². The van der Waals surface area contributed by atoms with Crippen LogP contribution in [0.1, 0.15) is 26.1 Å². The zero-order valence-corrected chi connectivity index (χ0v) is 10.1. The zero-order chi connectivity index (χ0) is 11.4. The van der Waals surface area contributed by atoms with Crippen LogP contribution >= 0.6 is 0 Å². The monoisotopic (exact) mass is 224 g/mol. The molecule has 6 heteroatoms. The molecule has 0 aromatic carbocycles. The normalized spacial score (nSPS) is 16.7. The van der Waals surface area contributed by atoms with Gasteiger partial charge in [0.15, 0.2) is 5.82 Å². The molecule has 2 heterocycles. The first-order chi connectivity index (χ1) is 7.85. The van der Waals surface area contributed by atoms with E-state index >= 15 is 0 Å². The lowest BCUT2D eigenvalue weighted by Gasteiger charge is -2.37. The van der Waals surface area contributed by atoms with Crippen molar-refractivity contribution in [3.8, 4) is 0 Å². The Labute approximate surface area is 96.0 Å². The molecule has 1 aliphatic heterocycles. The van der Waals surface area contributed by atoms with Crippen LogP contribution in [-0.4, -0.2) is 50.8 Å². The molecule has 2 rings (SSSR count). The number of hydrogen-bond acceptors (Lipinski definition) is 5. The van der Waals surface area contributed by atoms with Crippen LogP contribution in [-0.2, 0) is 13.1 Å². The molecule has 0 radical (unpaired) electrons. The third kappa shape index (κ3) is 2.38. The minimum atomic E-state index is 0.650. The molecule has 0 atom stereocenters. The number of likely N-dealkylation sites (N-methyl/N-ethyl adjacent to an activating group) is 1. The minimum absolute atomic E-state index is 0.650. The first-order valence-corrected chi connectivity index (χ1v) is 6.05. The number of nitrogens with zero attached hydrogens (tertiary/aromatic N) is 5. The van der Waals surface area contributed by atoms with E-state index < -0.39 is 0 Å². The van der Waals surface area contributed by atoms with Gasteiger partial charge in [0, 0.05) is 25.7 Å². The van der Waals surface area contributed by atoms with E-state index in [2.05, 4.69) is 39.6 Å². The topological polar surface area (TPSA) is 58.9 Å². The summed E-state index contributed by atoms with van der Waals surface area (Å²) in [5, 5.41) is 15.2. The average molecular weight is 224 g/mol. The van der Waals surface area contributed by atoms with Gasteiger partial charge in [0.2, 0.25) is 0 Å². The molecule has 1 fully saturated rings. The minimum Gasteiger partial charge on any atom is -0.314 e. The Kier molecular flexibility index (Phi) is 3.84. The molecular formula is C10H20N6. The number of aromatic nitrogens is 4. The highest BCUT2D eigenvalue weighted by Crippen LogP contribution is 2.09. The van der Waals surface area contributed by atoms with Crippen molar-refractivity contribution in [1.82, 2.24) is 30.4 Å². The lowest BCUT2D eigenvalue weighted by Crippen LogP contribution is -2.56. The van der Waals surface area contributed by atoms with Crippen LogP contribution in [0.4, 0.5) is 0 Å². The molecule has 0 bridgehead atoms. The molecule has 1 saturated heterocycles. The smallest absolute Gasteiger partial charge is 0.165 e. The summed E-state index contributed by atoms with van der Waals surface area (Å²) in [5.41, 5.74) is 0. The first-order valence-electron chi connectivity index (χ1n) is 6.05. The molecule has 16 heavy (non-hydrogen) atoms. The standard InChI is InChI=1S/C10H20N6/c1-3-5-16-10(12-13-14-16)8-15(4-2)9-6-11-7-9/h9,11H,3-8H2,1-2H3. The van der Waals surface area contributed by atoms with Crippen molar-refractivity contribution in [1.29, 1.82) is 0 Å². The SMILES string of the molecule is CCCn1nnnc1CN(CC)C1CNC1. The van der Waals surface area contributed by atoms with Crippen LogP contribution in [0.5, 0.6) is 0 Å². The Hall–Kier alpha value is -1.01. The Morgan fingerprint density at radius 3 is 2.81 bits per heavy atom. The predicted octanol–water partition coefficient (Wildman–Crippen LogP) is -0.123. The van der Waals surface area contributed by atoms with Crippen LogP contribution in [0.2, 0.25) is 0 Å². The van der Waals surface area contributed by atoms with Crippen LogP contribution in [0.25, 0.3) is 0 Å². The largest absolute Gasteiger partial charge is 0.314 e. The Morgan fingerprint density at radius 1 is 1.44 bits per heavy atom. The highest BCUT2D eigenvalue weighted by atomic mass is 15.5. The van der Waals surface area contributed by atoms with Crippen LogP contribution in [0.15, 0.2) is 0 Å². The van der Waals surface area contributed by atoms with E-state index in [4.69, 9.17) is 0 Å². The van der Waals surface area contributed by atoms with Gasteiger partial charge in [0.25, 0.3) is 0 Å². The summed E-state index contributed by atoms with van der Waals surface area (Å²) in [7, 11) is 0. The second kappa shape index (κ2) is 5.36. The average Bonchev–Trinajstić information content (AvgIpc) is 2.63. The van der Waals surface area contributed by atoms with Crippen molar-refractivity contribution >= 4 is 0 Å². The molecular weight excluding hydrogens is 204 g/mol. The third-order valence-corrected chi connectivity index (χ3v) is 3.07. The molecule has 0 aliphatic carbocycles. The number of nitrogens with one attached hydrogen (secondary N) is 1. The van der Waals surface area contributed by atoms with Gasteiger partial charge in [-0.3, -0.25) is 4.90 Å². The molecule has 1 aromatic rings. The second-order valence-corrected chi connectivity index (χ2v) is 4.19. The van der Waals surface area contributed by atoms with Gasteiger partial charge < -0.3 is 5.32 Å². The summed E-state index contributed by atoms with van der Waals surface area (Å²) in [6.07, 6.45) is 1.06. The molecule has 0 saturated carbocycles. The summed E-state index contributed by atoms with van der Waals surface area (Å²) >= 11 is 0. The summed E-state index contributed by atoms with van der Waals surface area (Å²) in [6, 6.07) is 0.650. The van der Waals surface area contributed by atoms with Gasteiger partial charge in [-0.25, -0.2) is 4.68 Å². The molecule has 6 nitrogen and oxygen atoms in total. The maximum atomic E-state index is 4.10. The Bertz CT molecular complexity index is 319. The fraction of sp³-hybridized carbons (Fsp3) is 0.900. The van der Waals surface area contributed by atoms with Crippen molar-refractivity contribution in [2.24, 2.45) is 0 Å².